The summed E-state index contributed by atoms with van der Waals surface area (Å²) in [6.45, 7) is 5.78. The van der Waals surface area contributed by atoms with E-state index in [1.54, 1.807) is 28.8 Å². The van der Waals surface area contributed by atoms with E-state index in [4.69, 9.17) is 4.74 Å². The lowest BCUT2D eigenvalue weighted by Crippen LogP contribution is -2.12. The monoisotopic (exact) mass is 387 g/mol. The van der Waals surface area contributed by atoms with E-state index in [-0.39, 0.29) is 12.0 Å². The van der Waals surface area contributed by atoms with Crippen LogP contribution in [0.15, 0.2) is 60.7 Å². The molecular weight excluding hydrogens is 366 g/mol. The van der Waals surface area contributed by atoms with Crippen LogP contribution in [-0.4, -0.2) is 31.8 Å². The molecule has 0 bridgehead atoms. The van der Waals surface area contributed by atoms with E-state index in [1.807, 2.05) is 57.2 Å². The van der Waals surface area contributed by atoms with Crippen molar-refractivity contribution in [2.45, 2.75) is 26.9 Å². The van der Waals surface area contributed by atoms with Gasteiger partial charge in [-0.25, -0.2) is 0 Å². The van der Waals surface area contributed by atoms with Crippen LogP contribution in [0.5, 0.6) is 5.75 Å². The molecule has 0 saturated carbocycles. The summed E-state index contributed by atoms with van der Waals surface area (Å²) in [4.78, 5) is 12.6. The molecule has 1 N–H and O–H groups in total. The molecule has 2 aromatic carbocycles. The highest BCUT2D eigenvalue weighted by atomic mass is 16.5. The van der Waals surface area contributed by atoms with Crippen molar-refractivity contribution in [1.29, 1.82) is 0 Å². The highest BCUT2D eigenvalue weighted by molar-refractivity contribution is 6.04. The average molecular weight is 387 g/mol. The molecule has 0 aliphatic heterocycles. The number of hydrogen-bond donors (Lipinski definition) is 1. The number of aryl methyl sites for hydroxylation is 1. The Morgan fingerprint density at radius 3 is 2.59 bits per heavy atom. The molecule has 0 aliphatic carbocycles. The minimum atomic E-state index is -0.184. The van der Waals surface area contributed by atoms with Gasteiger partial charge in [-0.05, 0) is 69.3 Å². The molecule has 2 aromatic heterocycles. The fourth-order valence-corrected chi connectivity index (χ4v) is 2.97. The molecular formula is C22H21N5O2. The van der Waals surface area contributed by atoms with Crippen molar-refractivity contribution in [3.8, 4) is 17.0 Å². The average Bonchev–Trinajstić information content (AvgIpc) is 3.08. The number of aromatic nitrogens is 4. The third-order valence-electron chi connectivity index (χ3n) is 4.32. The first-order valence-electron chi connectivity index (χ1n) is 9.37. The Morgan fingerprint density at radius 1 is 1.03 bits per heavy atom. The van der Waals surface area contributed by atoms with E-state index in [0.717, 1.165) is 22.8 Å². The number of anilines is 1. The van der Waals surface area contributed by atoms with Gasteiger partial charge in [-0.1, -0.05) is 12.1 Å². The van der Waals surface area contributed by atoms with Crippen molar-refractivity contribution in [1.82, 2.24) is 19.8 Å². The summed E-state index contributed by atoms with van der Waals surface area (Å²) in [6, 6.07) is 18.4. The number of nitrogens with one attached hydrogen (secondary N) is 1. The molecule has 7 heteroatoms. The fourth-order valence-electron chi connectivity index (χ4n) is 2.97. The van der Waals surface area contributed by atoms with Crippen molar-refractivity contribution < 1.29 is 9.53 Å². The van der Waals surface area contributed by atoms with E-state index < -0.39 is 0 Å². The zero-order valence-electron chi connectivity index (χ0n) is 16.5. The van der Waals surface area contributed by atoms with Crippen molar-refractivity contribution in [2.75, 3.05) is 5.32 Å². The van der Waals surface area contributed by atoms with Crippen LogP contribution in [0, 0.1) is 6.92 Å². The lowest BCUT2D eigenvalue weighted by molar-refractivity contribution is 0.102. The first-order valence-corrected chi connectivity index (χ1v) is 9.37. The van der Waals surface area contributed by atoms with Crippen LogP contribution in [0.4, 0.5) is 5.69 Å². The normalized spacial score (nSPS) is 11.0. The molecule has 0 aliphatic rings. The van der Waals surface area contributed by atoms with Crippen LogP contribution < -0.4 is 10.1 Å². The second-order valence-corrected chi connectivity index (χ2v) is 6.96. The molecule has 7 nitrogen and oxygen atoms in total. The minimum absolute atomic E-state index is 0.0899. The second kappa shape index (κ2) is 7.71. The van der Waals surface area contributed by atoms with Gasteiger partial charge in [0.05, 0.1) is 11.8 Å². The first-order chi connectivity index (χ1) is 14.0. The van der Waals surface area contributed by atoms with Gasteiger partial charge in [0.2, 0.25) is 0 Å². The summed E-state index contributed by atoms with van der Waals surface area (Å²) < 4.78 is 7.31. The number of rotatable bonds is 5. The number of amides is 1. The molecule has 0 saturated heterocycles. The maximum atomic E-state index is 12.6. The van der Waals surface area contributed by atoms with E-state index in [2.05, 4.69) is 20.6 Å². The predicted molar refractivity (Wildman–Crippen MR) is 111 cm³/mol. The maximum Gasteiger partial charge on any atom is 0.255 e. The Balaban J connectivity index is 1.53. The zero-order chi connectivity index (χ0) is 20.4. The number of hydrogen-bond acceptors (Lipinski definition) is 5. The quantitative estimate of drug-likeness (QED) is 0.557. The van der Waals surface area contributed by atoms with Gasteiger partial charge in [-0.3, -0.25) is 4.79 Å². The molecule has 0 fully saturated rings. The van der Waals surface area contributed by atoms with Gasteiger partial charge in [0.25, 0.3) is 5.91 Å². The van der Waals surface area contributed by atoms with Crippen molar-refractivity contribution in [3.63, 3.8) is 0 Å². The van der Waals surface area contributed by atoms with Gasteiger partial charge in [0.1, 0.15) is 5.75 Å². The standard InChI is InChI=1S/C22H21N5O2/c1-14(2)29-19-9-7-16(8-10-19)22(28)23-18-6-4-5-17(13-18)20-11-12-21-25-24-15(3)27(21)26-20/h4-14H,1-3H3,(H,23,28). The van der Waals surface area contributed by atoms with E-state index >= 15 is 0 Å². The largest absolute Gasteiger partial charge is 0.491 e. The molecule has 0 unspecified atom stereocenters. The Kier molecular flexibility index (Phi) is 4.95. The molecule has 4 rings (SSSR count). The highest BCUT2D eigenvalue weighted by Crippen LogP contribution is 2.22. The molecule has 2 heterocycles. The second-order valence-electron chi connectivity index (χ2n) is 6.96. The van der Waals surface area contributed by atoms with Crippen LogP contribution in [0.1, 0.15) is 30.0 Å². The number of ether oxygens (including phenoxy) is 1. The minimum Gasteiger partial charge on any atom is -0.491 e. The maximum absolute atomic E-state index is 12.6. The fraction of sp³-hybridized carbons (Fsp3) is 0.182. The highest BCUT2D eigenvalue weighted by Gasteiger charge is 2.09. The molecule has 1 amide bonds. The van der Waals surface area contributed by atoms with Gasteiger partial charge in [-0.2, -0.15) is 9.61 Å². The SMILES string of the molecule is Cc1nnc2ccc(-c3cccc(NC(=O)c4ccc(OC(C)C)cc4)c3)nn12. The van der Waals surface area contributed by atoms with Crippen molar-refractivity contribution in [3.05, 3.63) is 72.1 Å². The first kappa shape index (κ1) is 18.6. The summed E-state index contributed by atoms with van der Waals surface area (Å²) in [6.07, 6.45) is 0.0899. The van der Waals surface area contributed by atoms with Gasteiger partial charge >= 0.3 is 0 Å². The van der Waals surface area contributed by atoms with Crippen LogP contribution in [0.2, 0.25) is 0 Å². The summed E-state index contributed by atoms with van der Waals surface area (Å²) in [5.41, 5.74) is 3.61. The number of benzene rings is 2. The Labute approximate surface area is 168 Å². The molecule has 4 aromatic rings. The lowest BCUT2D eigenvalue weighted by Gasteiger charge is -2.11. The molecule has 0 atom stereocenters. The molecule has 146 valence electrons. The Bertz CT molecular complexity index is 1170. The van der Waals surface area contributed by atoms with Crippen LogP contribution >= 0.6 is 0 Å². The topological polar surface area (TPSA) is 81.4 Å². The van der Waals surface area contributed by atoms with E-state index in [9.17, 15) is 4.79 Å². The number of fused-ring (bicyclic) bond motifs is 1. The number of carbonyl (C=O) groups excluding carboxylic acids is 1. The molecule has 29 heavy (non-hydrogen) atoms. The third-order valence-corrected chi connectivity index (χ3v) is 4.32. The van der Waals surface area contributed by atoms with Crippen LogP contribution in [0.25, 0.3) is 16.9 Å². The zero-order valence-corrected chi connectivity index (χ0v) is 16.5. The Hall–Kier alpha value is -3.74. The molecule has 0 spiro atoms. The predicted octanol–water partition coefficient (Wildman–Crippen LogP) is 4.14. The number of carbonyl (C=O) groups is 1. The lowest BCUT2D eigenvalue weighted by atomic mass is 10.1. The summed E-state index contributed by atoms with van der Waals surface area (Å²) >= 11 is 0. The van der Waals surface area contributed by atoms with E-state index in [1.165, 1.54) is 0 Å². The summed E-state index contributed by atoms with van der Waals surface area (Å²) in [7, 11) is 0. The van der Waals surface area contributed by atoms with Crippen LogP contribution in [-0.2, 0) is 0 Å². The smallest absolute Gasteiger partial charge is 0.255 e. The van der Waals surface area contributed by atoms with Gasteiger partial charge in [0.15, 0.2) is 11.5 Å². The third kappa shape index (κ3) is 4.08. The van der Waals surface area contributed by atoms with Gasteiger partial charge < -0.3 is 10.1 Å². The summed E-state index contributed by atoms with van der Waals surface area (Å²) in [5.74, 6) is 1.27. The summed E-state index contributed by atoms with van der Waals surface area (Å²) in [5, 5.41) is 15.6. The van der Waals surface area contributed by atoms with Gasteiger partial charge in [-0.15, -0.1) is 10.2 Å². The van der Waals surface area contributed by atoms with Crippen molar-refractivity contribution >= 4 is 17.2 Å². The molecule has 0 radical (unpaired) electrons. The van der Waals surface area contributed by atoms with Gasteiger partial charge in [0, 0.05) is 16.8 Å². The van der Waals surface area contributed by atoms with Crippen LogP contribution in [0.3, 0.4) is 0 Å². The Morgan fingerprint density at radius 2 is 1.83 bits per heavy atom. The number of nitrogens with zero attached hydrogens (tertiary/aromatic N) is 4. The van der Waals surface area contributed by atoms with Crippen molar-refractivity contribution in [2.24, 2.45) is 0 Å². The van der Waals surface area contributed by atoms with E-state index in [0.29, 0.717) is 16.9 Å².